The highest BCUT2D eigenvalue weighted by Gasteiger charge is 2.25. The van der Waals surface area contributed by atoms with Gasteiger partial charge in [0.25, 0.3) is 0 Å². The summed E-state index contributed by atoms with van der Waals surface area (Å²) in [4.78, 5) is 12.5. The van der Waals surface area contributed by atoms with Crippen LogP contribution in [0.3, 0.4) is 0 Å². The van der Waals surface area contributed by atoms with E-state index in [1.807, 2.05) is 0 Å². The molecule has 7 nitrogen and oxygen atoms in total. The molecule has 4 N–H and O–H groups in total. The van der Waals surface area contributed by atoms with E-state index in [9.17, 15) is 25.2 Å². The first-order valence-corrected chi connectivity index (χ1v) is 8.66. The molecule has 1 aliphatic heterocycles. The molecule has 0 unspecified atom stereocenters. The maximum absolute atomic E-state index is 12.5. The van der Waals surface area contributed by atoms with Crippen molar-refractivity contribution in [1.29, 1.82) is 0 Å². The number of esters is 1. The second kappa shape index (κ2) is 9.02. The molecule has 0 radical (unpaired) electrons. The first kappa shape index (κ1) is 20.2. The van der Waals surface area contributed by atoms with Gasteiger partial charge in [0.15, 0.2) is 0 Å². The number of aliphatic hydroxyl groups excluding tert-OH is 3. The largest absolute Gasteiger partial charge is 0.507 e. The Morgan fingerprint density at radius 1 is 1.15 bits per heavy atom. The molecule has 1 aromatic carbocycles. The lowest BCUT2D eigenvalue weighted by Gasteiger charge is -2.23. The fourth-order valence-corrected chi connectivity index (χ4v) is 2.91. The van der Waals surface area contributed by atoms with Crippen LogP contribution < -0.4 is 4.74 Å². The Labute approximate surface area is 152 Å². The van der Waals surface area contributed by atoms with Crippen LogP contribution in [0.25, 0.3) is 6.08 Å². The molecule has 0 aromatic heterocycles. The quantitative estimate of drug-likeness (QED) is 0.558. The maximum Gasteiger partial charge on any atom is 0.342 e. The molecule has 0 fully saturated rings. The van der Waals surface area contributed by atoms with Gasteiger partial charge in [0.2, 0.25) is 0 Å². The molecule has 144 valence electrons. The number of phenols is 1. The number of carbonyl (C=O) groups excluding carboxylic acids is 1. The monoisotopic (exact) mass is 366 g/mol. The highest BCUT2D eigenvalue weighted by Crippen LogP contribution is 2.30. The van der Waals surface area contributed by atoms with Gasteiger partial charge in [0, 0.05) is 6.07 Å². The molecule has 0 saturated heterocycles. The van der Waals surface area contributed by atoms with Crippen LogP contribution in [0.4, 0.5) is 0 Å². The minimum Gasteiger partial charge on any atom is -0.507 e. The predicted molar refractivity (Wildman–Crippen MR) is 95.1 cm³/mol. The first-order chi connectivity index (χ1) is 12.3. The van der Waals surface area contributed by atoms with Crippen LogP contribution in [0, 0.1) is 0 Å². The summed E-state index contributed by atoms with van der Waals surface area (Å²) in [5.74, 6) is -0.552. The maximum atomic E-state index is 12.5. The summed E-state index contributed by atoms with van der Waals surface area (Å²) in [5.41, 5.74) is 0.388. The Morgan fingerprint density at radius 2 is 1.88 bits per heavy atom. The predicted octanol–water partition coefficient (Wildman–Crippen LogP) is 1.62. The number of rotatable bonds is 1. The molecule has 4 atom stereocenters. The van der Waals surface area contributed by atoms with E-state index in [0.717, 1.165) is 0 Å². The third-order valence-corrected chi connectivity index (χ3v) is 4.44. The summed E-state index contributed by atoms with van der Waals surface area (Å²) in [6, 6.07) is 2.90. The molecule has 0 aliphatic carbocycles. The van der Waals surface area contributed by atoms with Crippen molar-refractivity contribution in [3.63, 3.8) is 0 Å². The van der Waals surface area contributed by atoms with Crippen molar-refractivity contribution >= 4 is 12.0 Å². The van der Waals surface area contributed by atoms with Crippen molar-refractivity contribution in [3.05, 3.63) is 29.3 Å². The molecule has 0 bridgehead atoms. The lowest BCUT2D eigenvalue weighted by atomic mass is 9.98. The number of benzene rings is 1. The van der Waals surface area contributed by atoms with E-state index in [1.54, 1.807) is 19.1 Å². The molecule has 0 saturated carbocycles. The van der Waals surface area contributed by atoms with Crippen LogP contribution >= 0.6 is 0 Å². The van der Waals surface area contributed by atoms with Crippen LogP contribution in [-0.2, 0) is 4.74 Å². The molecule has 1 heterocycles. The van der Waals surface area contributed by atoms with Crippen LogP contribution in [0.1, 0.15) is 48.5 Å². The van der Waals surface area contributed by atoms with Crippen molar-refractivity contribution in [3.8, 4) is 11.5 Å². The van der Waals surface area contributed by atoms with Crippen molar-refractivity contribution in [2.45, 2.75) is 57.0 Å². The second-order valence-corrected chi connectivity index (χ2v) is 6.52. The molecule has 0 spiro atoms. The van der Waals surface area contributed by atoms with Gasteiger partial charge in [0.1, 0.15) is 23.2 Å². The van der Waals surface area contributed by atoms with Crippen molar-refractivity contribution in [2.75, 3.05) is 7.11 Å². The van der Waals surface area contributed by atoms with Crippen molar-refractivity contribution < 1.29 is 34.7 Å². The zero-order valence-corrected chi connectivity index (χ0v) is 15.0. The lowest BCUT2D eigenvalue weighted by molar-refractivity contribution is -0.0613. The molecular formula is C19H26O7. The number of hydrogen-bond donors (Lipinski definition) is 4. The fraction of sp³-hybridized carbons (Fsp3) is 0.526. The summed E-state index contributed by atoms with van der Waals surface area (Å²) in [6.45, 7) is 1.72. The Kier molecular flexibility index (Phi) is 7.02. The highest BCUT2D eigenvalue weighted by molar-refractivity contribution is 5.97. The van der Waals surface area contributed by atoms with Gasteiger partial charge < -0.3 is 29.9 Å². The lowest BCUT2D eigenvalue weighted by Crippen LogP contribution is -2.37. The average Bonchev–Trinajstić information content (AvgIpc) is 2.59. The number of ether oxygens (including phenoxy) is 2. The standard InChI is InChI=1S/C19H26O7/c1-11-5-3-7-14(20)18(23)15(21)8-4-6-12-9-13(25-2)10-16(22)17(12)19(24)26-11/h4,6,9-11,14-15,18,20-23H,3,5,7-8H2,1-2H3/t11-,14-,15-,18+/m0/s1. The van der Waals surface area contributed by atoms with Gasteiger partial charge in [0.05, 0.1) is 25.4 Å². The number of methoxy groups -OCH3 is 1. The minimum absolute atomic E-state index is 0.0148. The third kappa shape index (κ3) is 4.97. The van der Waals surface area contributed by atoms with Gasteiger partial charge in [-0.1, -0.05) is 12.2 Å². The summed E-state index contributed by atoms with van der Waals surface area (Å²) in [5, 5.41) is 40.2. The molecule has 1 aromatic rings. The molecule has 2 rings (SSSR count). The van der Waals surface area contributed by atoms with Gasteiger partial charge >= 0.3 is 5.97 Å². The smallest absolute Gasteiger partial charge is 0.342 e. The number of hydrogen-bond acceptors (Lipinski definition) is 7. The van der Waals surface area contributed by atoms with Crippen LogP contribution in [0.2, 0.25) is 0 Å². The topological polar surface area (TPSA) is 116 Å². The third-order valence-electron chi connectivity index (χ3n) is 4.44. The summed E-state index contributed by atoms with van der Waals surface area (Å²) in [6.07, 6.45) is 0.542. The number of fused-ring (bicyclic) bond motifs is 1. The minimum atomic E-state index is -1.27. The molecule has 0 amide bonds. The van der Waals surface area contributed by atoms with Crippen LogP contribution in [-0.4, -0.2) is 57.9 Å². The van der Waals surface area contributed by atoms with Gasteiger partial charge in [-0.2, -0.15) is 0 Å². The Bertz CT molecular complexity index is 656. The SMILES string of the molecule is COc1cc(O)c2c(c1)C=CC[C@H](O)[C@H](O)[C@@H](O)CCC[C@H](C)OC2=O. The first-order valence-electron chi connectivity index (χ1n) is 8.66. The van der Waals surface area contributed by atoms with Crippen molar-refractivity contribution in [1.82, 2.24) is 0 Å². The van der Waals surface area contributed by atoms with E-state index < -0.39 is 30.4 Å². The van der Waals surface area contributed by atoms with Crippen LogP contribution in [0.15, 0.2) is 18.2 Å². The number of aromatic hydroxyl groups is 1. The van der Waals surface area contributed by atoms with E-state index in [4.69, 9.17) is 9.47 Å². The van der Waals surface area contributed by atoms with Crippen LogP contribution in [0.5, 0.6) is 11.5 Å². The zero-order chi connectivity index (χ0) is 19.3. The van der Waals surface area contributed by atoms with E-state index in [1.165, 1.54) is 19.3 Å². The summed E-state index contributed by atoms with van der Waals surface area (Å²) >= 11 is 0. The van der Waals surface area contributed by atoms with E-state index in [2.05, 4.69) is 0 Å². The van der Waals surface area contributed by atoms with E-state index in [-0.39, 0.29) is 24.2 Å². The highest BCUT2D eigenvalue weighted by atomic mass is 16.5. The summed E-state index contributed by atoms with van der Waals surface area (Å²) < 4.78 is 10.5. The molecule has 26 heavy (non-hydrogen) atoms. The number of cyclic esters (lactones) is 1. The number of phenolic OH excluding ortho intramolecular Hbond substituents is 1. The summed E-state index contributed by atoms with van der Waals surface area (Å²) in [7, 11) is 1.44. The van der Waals surface area contributed by atoms with Gasteiger partial charge in [-0.15, -0.1) is 0 Å². The van der Waals surface area contributed by atoms with E-state index in [0.29, 0.717) is 24.2 Å². The second-order valence-electron chi connectivity index (χ2n) is 6.52. The van der Waals surface area contributed by atoms with E-state index >= 15 is 0 Å². The molecule has 7 heteroatoms. The average molecular weight is 366 g/mol. The molecule has 1 aliphatic rings. The van der Waals surface area contributed by atoms with Gasteiger partial charge in [-0.05, 0) is 44.2 Å². The number of aliphatic hydroxyl groups is 3. The normalized spacial score (nSPS) is 28.0. The fourth-order valence-electron chi connectivity index (χ4n) is 2.91. The van der Waals surface area contributed by atoms with Crippen molar-refractivity contribution in [2.24, 2.45) is 0 Å². The Hall–Kier alpha value is -2.09. The van der Waals surface area contributed by atoms with Gasteiger partial charge in [-0.25, -0.2) is 4.79 Å². The Morgan fingerprint density at radius 3 is 2.58 bits per heavy atom. The zero-order valence-electron chi connectivity index (χ0n) is 15.0. The Balaban J connectivity index is 2.40. The molecular weight excluding hydrogens is 340 g/mol. The number of carbonyl (C=O) groups is 1. The van der Waals surface area contributed by atoms with Gasteiger partial charge in [-0.3, -0.25) is 0 Å².